The van der Waals surface area contributed by atoms with Gasteiger partial charge in [-0.15, -0.1) is 0 Å². The van der Waals surface area contributed by atoms with Crippen molar-refractivity contribution in [2.75, 3.05) is 18.5 Å². The normalized spacial score (nSPS) is 9.94. The Morgan fingerprint density at radius 2 is 2.00 bits per heavy atom. The van der Waals surface area contributed by atoms with Gasteiger partial charge in [0.2, 0.25) is 0 Å². The number of ether oxygens (including phenoxy) is 1. The summed E-state index contributed by atoms with van der Waals surface area (Å²) in [4.78, 5) is 10.3. The number of carboxylic acid groups (broad SMARTS) is 1. The van der Waals surface area contributed by atoms with Crippen molar-refractivity contribution >= 4 is 11.7 Å². The molecule has 0 saturated heterocycles. The molecule has 0 aliphatic heterocycles. The minimum absolute atomic E-state index is 0.302. The van der Waals surface area contributed by atoms with Crippen LogP contribution in [0.1, 0.15) is 26.2 Å². The standard InChI is InChI=1S/C13H19NO3/c1-2-3-4-9-14-11-5-7-12(8-6-11)17-10-13(15)16/h5-8,14H,2-4,9-10H2,1H3,(H,15,16). The first-order valence-electron chi connectivity index (χ1n) is 5.91. The molecule has 0 aliphatic rings. The zero-order chi connectivity index (χ0) is 12.5. The van der Waals surface area contributed by atoms with Gasteiger partial charge in [0.25, 0.3) is 0 Å². The number of unbranched alkanes of at least 4 members (excludes halogenated alkanes) is 2. The molecule has 1 aromatic rings. The van der Waals surface area contributed by atoms with E-state index in [1.807, 2.05) is 12.1 Å². The van der Waals surface area contributed by atoms with E-state index < -0.39 is 5.97 Å². The lowest BCUT2D eigenvalue weighted by atomic mass is 10.2. The molecule has 1 aromatic carbocycles. The minimum Gasteiger partial charge on any atom is -0.482 e. The van der Waals surface area contributed by atoms with E-state index in [1.54, 1.807) is 12.1 Å². The summed E-state index contributed by atoms with van der Waals surface area (Å²) in [6.45, 7) is 2.83. The second-order valence-corrected chi connectivity index (χ2v) is 3.84. The Hall–Kier alpha value is -1.71. The Morgan fingerprint density at radius 3 is 2.59 bits per heavy atom. The molecule has 4 nitrogen and oxygen atoms in total. The highest BCUT2D eigenvalue weighted by molar-refractivity contribution is 5.68. The number of carboxylic acids is 1. The topological polar surface area (TPSA) is 58.6 Å². The zero-order valence-corrected chi connectivity index (χ0v) is 10.1. The predicted molar refractivity (Wildman–Crippen MR) is 67.6 cm³/mol. The number of anilines is 1. The van der Waals surface area contributed by atoms with Crippen LogP contribution < -0.4 is 10.1 Å². The maximum absolute atomic E-state index is 10.3. The first-order valence-corrected chi connectivity index (χ1v) is 5.91. The van der Waals surface area contributed by atoms with Crippen molar-refractivity contribution in [2.24, 2.45) is 0 Å². The van der Waals surface area contributed by atoms with E-state index in [2.05, 4.69) is 12.2 Å². The quantitative estimate of drug-likeness (QED) is 0.682. The highest BCUT2D eigenvalue weighted by atomic mass is 16.5. The highest BCUT2D eigenvalue weighted by Gasteiger charge is 1.99. The molecule has 0 aromatic heterocycles. The van der Waals surface area contributed by atoms with Crippen molar-refractivity contribution in [3.8, 4) is 5.75 Å². The second kappa shape index (κ2) is 7.54. The molecule has 0 radical (unpaired) electrons. The van der Waals surface area contributed by atoms with Gasteiger partial charge < -0.3 is 15.2 Å². The fourth-order valence-electron chi connectivity index (χ4n) is 1.42. The Morgan fingerprint density at radius 1 is 1.29 bits per heavy atom. The molecule has 1 rings (SSSR count). The van der Waals surface area contributed by atoms with Crippen LogP contribution in [0.3, 0.4) is 0 Å². The van der Waals surface area contributed by atoms with Crippen LogP contribution in [0.15, 0.2) is 24.3 Å². The molecule has 17 heavy (non-hydrogen) atoms. The number of rotatable bonds is 8. The van der Waals surface area contributed by atoms with Gasteiger partial charge in [-0.1, -0.05) is 19.8 Å². The Bertz CT molecular complexity index is 335. The molecular formula is C13H19NO3. The van der Waals surface area contributed by atoms with Crippen molar-refractivity contribution in [1.82, 2.24) is 0 Å². The summed E-state index contributed by atoms with van der Waals surface area (Å²) >= 11 is 0. The molecule has 94 valence electrons. The van der Waals surface area contributed by atoms with E-state index in [1.165, 1.54) is 12.8 Å². The molecule has 0 heterocycles. The van der Waals surface area contributed by atoms with Crippen molar-refractivity contribution in [3.05, 3.63) is 24.3 Å². The van der Waals surface area contributed by atoms with E-state index >= 15 is 0 Å². The largest absolute Gasteiger partial charge is 0.482 e. The van der Waals surface area contributed by atoms with E-state index in [9.17, 15) is 4.79 Å². The number of carbonyl (C=O) groups is 1. The summed E-state index contributed by atoms with van der Waals surface area (Å²) in [5.74, 6) is -0.390. The third-order valence-electron chi connectivity index (χ3n) is 2.33. The van der Waals surface area contributed by atoms with Gasteiger partial charge in [0.05, 0.1) is 0 Å². The van der Waals surface area contributed by atoms with Crippen LogP contribution in [-0.2, 0) is 4.79 Å². The van der Waals surface area contributed by atoms with E-state index in [4.69, 9.17) is 9.84 Å². The molecule has 0 saturated carbocycles. The fraction of sp³-hybridized carbons (Fsp3) is 0.462. The van der Waals surface area contributed by atoms with Gasteiger partial charge in [-0.3, -0.25) is 0 Å². The van der Waals surface area contributed by atoms with Crippen molar-refractivity contribution in [1.29, 1.82) is 0 Å². The van der Waals surface area contributed by atoms with Gasteiger partial charge in [0.15, 0.2) is 6.61 Å². The van der Waals surface area contributed by atoms with E-state index in [-0.39, 0.29) is 6.61 Å². The molecule has 4 heteroatoms. The van der Waals surface area contributed by atoms with Crippen molar-refractivity contribution in [2.45, 2.75) is 26.2 Å². The van der Waals surface area contributed by atoms with Crippen LogP contribution in [0.4, 0.5) is 5.69 Å². The predicted octanol–water partition coefficient (Wildman–Crippen LogP) is 2.75. The first-order chi connectivity index (χ1) is 8.22. The molecule has 0 amide bonds. The monoisotopic (exact) mass is 237 g/mol. The number of hydrogen-bond donors (Lipinski definition) is 2. The minimum atomic E-state index is -0.966. The van der Waals surface area contributed by atoms with Crippen LogP contribution in [0.2, 0.25) is 0 Å². The van der Waals surface area contributed by atoms with Crippen LogP contribution >= 0.6 is 0 Å². The molecule has 0 fully saturated rings. The maximum atomic E-state index is 10.3. The Labute approximate surface area is 102 Å². The zero-order valence-electron chi connectivity index (χ0n) is 10.1. The Kier molecular flexibility index (Phi) is 5.93. The average molecular weight is 237 g/mol. The van der Waals surface area contributed by atoms with Crippen LogP contribution in [0.5, 0.6) is 5.75 Å². The number of nitrogens with one attached hydrogen (secondary N) is 1. The first kappa shape index (κ1) is 13.4. The van der Waals surface area contributed by atoms with Gasteiger partial charge in [-0.2, -0.15) is 0 Å². The van der Waals surface area contributed by atoms with Gasteiger partial charge in [-0.05, 0) is 30.7 Å². The smallest absolute Gasteiger partial charge is 0.341 e. The number of aliphatic carboxylic acids is 1. The van der Waals surface area contributed by atoms with Gasteiger partial charge in [0, 0.05) is 12.2 Å². The van der Waals surface area contributed by atoms with Crippen molar-refractivity contribution in [3.63, 3.8) is 0 Å². The third-order valence-corrected chi connectivity index (χ3v) is 2.33. The average Bonchev–Trinajstić information content (AvgIpc) is 2.33. The number of benzene rings is 1. The third kappa shape index (κ3) is 5.80. The lowest BCUT2D eigenvalue weighted by Crippen LogP contribution is -2.09. The fourth-order valence-corrected chi connectivity index (χ4v) is 1.42. The summed E-state index contributed by atoms with van der Waals surface area (Å²) in [6, 6.07) is 7.32. The van der Waals surface area contributed by atoms with Crippen LogP contribution in [0.25, 0.3) is 0 Å². The van der Waals surface area contributed by atoms with Gasteiger partial charge in [0.1, 0.15) is 5.75 Å². The van der Waals surface area contributed by atoms with Gasteiger partial charge >= 0.3 is 5.97 Å². The summed E-state index contributed by atoms with van der Waals surface area (Å²) in [5.41, 5.74) is 1.03. The summed E-state index contributed by atoms with van der Waals surface area (Å²) in [5, 5.41) is 11.8. The SMILES string of the molecule is CCCCCNc1ccc(OCC(=O)O)cc1. The molecule has 0 atom stereocenters. The molecular weight excluding hydrogens is 218 g/mol. The highest BCUT2D eigenvalue weighted by Crippen LogP contribution is 2.15. The summed E-state index contributed by atoms with van der Waals surface area (Å²) in [7, 11) is 0. The number of hydrogen-bond acceptors (Lipinski definition) is 3. The lowest BCUT2D eigenvalue weighted by molar-refractivity contribution is -0.139. The lowest BCUT2D eigenvalue weighted by Gasteiger charge is -2.07. The second-order valence-electron chi connectivity index (χ2n) is 3.84. The maximum Gasteiger partial charge on any atom is 0.341 e. The van der Waals surface area contributed by atoms with E-state index in [0.717, 1.165) is 18.7 Å². The summed E-state index contributed by atoms with van der Waals surface area (Å²) < 4.78 is 5.04. The molecule has 0 bridgehead atoms. The molecule has 0 aliphatic carbocycles. The van der Waals surface area contributed by atoms with Crippen LogP contribution in [-0.4, -0.2) is 24.2 Å². The molecule has 0 unspecified atom stereocenters. The van der Waals surface area contributed by atoms with E-state index in [0.29, 0.717) is 5.75 Å². The van der Waals surface area contributed by atoms with Crippen LogP contribution in [0, 0.1) is 0 Å². The Balaban J connectivity index is 2.31. The molecule has 0 spiro atoms. The summed E-state index contributed by atoms with van der Waals surface area (Å²) in [6.07, 6.45) is 3.60. The van der Waals surface area contributed by atoms with Gasteiger partial charge in [-0.25, -0.2) is 4.79 Å². The van der Waals surface area contributed by atoms with Crippen molar-refractivity contribution < 1.29 is 14.6 Å². The molecule has 2 N–H and O–H groups in total.